The Kier molecular flexibility index (Phi) is 3.22. The molecule has 0 radical (unpaired) electrons. The quantitative estimate of drug-likeness (QED) is 0.684. The molecule has 0 aromatic heterocycles. The van der Waals surface area contributed by atoms with Crippen molar-refractivity contribution in [3.05, 3.63) is 23.8 Å². The summed E-state index contributed by atoms with van der Waals surface area (Å²) in [5, 5.41) is 12.3. The van der Waals surface area contributed by atoms with E-state index < -0.39 is 5.97 Å². The van der Waals surface area contributed by atoms with Gasteiger partial charge >= 0.3 is 5.97 Å². The normalized spacial score (nSPS) is 22.2. The lowest BCUT2D eigenvalue weighted by molar-refractivity contribution is 0.0698. The largest absolute Gasteiger partial charge is 0.478 e. The minimum absolute atomic E-state index is 0.169. The molecule has 0 saturated heterocycles. The second-order valence-corrected chi connectivity index (χ2v) is 4.61. The Morgan fingerprint density at radius 3 is 3.00 bits per heavy atom. The van der Waals surface area contributed by atoms with Crippen LogP contribution in [0.15, 0.2) is 18.2 Å². The molecule has 2 rings (SSSR count). The van der Waals surface area contributed by atoms with Crippen LogP contribution in [0.1, 0.15) is 36.5 Å². The molecule has 4 N–H and O–H groups in total. The summed E-state index contributed by atoms with van der Waals surface area (Å²) in [6.07, 6.45) is 3.56. The molecule has 2 atom stereocenters. The highest BCUT2D eigenvalue weighted by atomic mass is 16.4. The van der Waals surface area contributed by atoms with Gasteiger partial charge in [-0.3, -0.25) is 0 Å². The molecular formula is C13H18N2O2. The van der Waals surface area contributed by atoms with Gasteiger partial charge in [0.2, 0.25) is 0 Å². The Morgan fingerprint density at radius 1 is 1.59 bits per heavy atom. The number of para-hydroxylation sites is 1. The van der Waals surface area contributed by atoms with E-state index in [1.54, 1.807) is 6.07 Å². The van der Waals surface area contributed by atoms with Gasteiger partial charge in [-0.15, -0.1) is 0 Å². The molecule has 1 aromatic carbocycles. The summed E-state index contributed by atoms with van der Waals surface area (Å²) in [6.45, 7) is 2.18. The molecule has 0 spiro atoms. The van der Waals surface area contributed by atoms with Crippen molar-refractivity contribution >= 4 is 17.3 Å². The zero-order chi connectivity index (χ0) is 12.4. The number of carboxylic acids is 1. The topological polar surface area (TPSA) is 75.3 Å². The van der Waals surface area contributed by atoms with Crippen LogP contribution >= 0.6 is 0 Å². The predicted molar refractivity (Wildman–Crippen MR) is 68.2 cm³/mol. The first-order chi connectivity index (χ1) is 8.13. The Balaban J connectivity index is 2.07. The summed E-state index contributed by atoms with van der Waals surface area (Å²) in [7, 11) is 0. The van der Waals surface area contributed by atoms with Gasteiger partial charge in [0, 0.05) is 6.04 Å². The maximum Gasteiger partial charge on any atom is 0.337 e. The minimum atomic E-state index is -0.980. The summed E-state index contributed by atoms with van der Waals surface area (Å²) < 4.78 is 0. The summed E-state index contributed by atoms with van der Waals surface area (Å²) in [4.78, 5) is 10.9. The fourth-order valence-corrected chi connectivity index (χ4v) is 2.19. The Bertz CT molecular complexity index is 431. The Morgan fingerprint density at radius 2 is 2.35 bits per heavy atom. The van der Waals surface area contributed by atoms with Crippen LogP contribution < -0.4 is 11.1 Å². The number of nitrogens with two attached hydrogens (primary N) is 1. The highest BCUT2D eigenvalue weighted by molar-refractivity contribution is 5.97. The fraction of sp³-hybridized carbons (Fsp3) is 0.462. The first kappa shape index (κ1) is 11.8. The van der Waals surface area contributed by atoms with Crippen LogP contribution in [-0.2, 0) is 0 Å². The lowest BCUT2D eigenvalue weighted by atomic mass is 10.1. The maximum absolute atomic E-state index is 10.9. The van der Waals surface area contributed by atoms with Crippen LogP contribution in [0.25, 0.3) is 0 Å². The molecule has 1 aliphatic carbocycles. The Labute approximate surface area is 101 Å². The highest BCUT2D eigenvalue weighted by Crippen LogP contribution is 2.38. The van der Waals surface area contributed by atoms with E-state index in [9.17, 15) is 4.79 Å². The number of hydrogen-bond donors (Lipinski definition) is 3. The second kappa shape index (κ2) is 4.65. The van der Waals surface area contributed by atoms with E-state index in [2.05, 4.69) is 12.2 Å². The van der Waals surface area contributed by atoms with E-state index in [0.717, 1.165) is 12.1 Å². The van der Waals surface area contributed by atoms with E-state index in [1.165, 1.54) is 18.9 Å². The number of aromatic carboxylic acids is 1. The van der Waals surface area contributed by atoms with Crippen LogP contribution in [0, 0.1) is 5.92 Å². The van der Waals surface area contributed by atoms with Crippen molar-refractivity contribution in [2.24, 2.45) is 5.92 Å². The molecule has 0 aliphatic heterocycles. The molecular weight excluding hydrogens is 216 g/mol. The maximum atomic E-state index is 10.9. The van der Waals surface area contributed by atoms with E-state index >= 15 is 0 Å². The number of nitrogen functional groups attached to an aromatic ring is 1. The van der Waals surface area contributed by atoms with Crippen molar-refractivity contribution in [1.82, 2.24) is 0 Å². The molecule has 4 nitrogen and oxygen atoms in total. The predicted octanol–water partition coefficient (Wildman–Crippen LogP) is 2.57. The first-order valence-electron chi connectivity index (χ1n) is 6.01. The number of nitrogens with one attached hydrogen (secondary N) is 1. The van der Waals surface area contributed by atoms with Crippen molar-refractivity contribution < 1.29 is 9.90 Å². The van der Waals surface area contributed by atoms with Crippen LogP contribution in [0.5, 0.6) is 0 Å². The number of carboxylic acid groups (broad SMARTS) is 1. The average Bonchev–Trinajstić information content (AvgIpc) is 3.00. The molecule has 1 saturated carbocycles. The third kappa shape index (κ3) is 2.52. The van der Waals surface area contributed by atoms with Crippen molar-refractivity contribution in [2.45, 2.75) is 32.2 Å². The van der Waals surface area contributed by atoms with Crippen molar-refractivity contribution in [2.75, 3.05) is 11.1 Å². The van der Waals surface area contributed by atoms with Gasteiger partial charge in [0.05, 0.1) is 16.9 Å². The molecule has 2 unspecified atom stereocenters. The van der Waals surface area contributed by atoms with Gasteiger partial charge < -0.3 is 16.2 Å². The van der Waals surface area contributed by atoms with Crippen molar-refractivity contribution in [3.8, 4) is 0 Å². The van der Waals surface area contributed by atoms with Gasteiger partial charge in [0.15, 0.2) is 0 Å². The monoisotopic (exact) mass is 234 g/mol. The third-order valence-corrected chi connectivity index (χ3v) is 3.26. The van der Waals surface area contributed by atoms with Crippen LogP contribution in [0.4, 0.5) is 11.4 Å². The molecule has 17 heavy (non-hydrogen) atoms. The van der Waals surface area contributed by atoms with Crippen LogP contribution in [0.2, 0.25) is 0 Å². The number of carbonyl (C=O) groups is 1. The zero-order valence-electron chi connectivity index (χ0n) is 9.94. The molecule has 92 valence electrons. The van der Waals surface area contributed by atoms with Gasteiger partial charge in [0.1, 0.15) is 0 Å². The zero-order valence-corrected chi connectivity index (χ0v) is 9.94. The summed E-state index contributed by atoms with van der Waals surface area (Å²) in [5.74, 6) is -0.264. The van der Waals surface area contributed by atoms with Crippen molar-refractivity contribution in [1.29, 1.82) is 0 Å². The van der Waals surface area contributed by atoms with Gasteiger partial charge in [-0.1, -0.05) is 19.4 Å². The SMILES string of the molecule is CCCC1CC1Nc1cccc(C(=O)O)c1N. The van der Waals surface area contributed by atoms with Gasteiger partial charge in [0.25, 0.3) is 0 Å². The molecule has 0 bridgehead atoms. The lowest BCUT2D eigenvalue weighted by Gasteiger charge is -2.10. The van der Waals surface area contributed by atoms with Crippen LogP contribution in [-0.4, -0.2) is 17.1 Å². The summed E-state index contributed by atoms with van der Waals surface area (Å²) in [5.41, 5.74) is 7.08. The number of hydrogen-bond acceptors (Lipinski definition) is 3. The molecule has 1 fully saturated rings. The second-order valence-electron chi connectivity index (χ2n) is 4.61. The van der Waals surface area contributed by atoms with Gasteiger partial charge in [-0.2, -0.15) is 0 Å². The molecule has 4 heteroatoms. The smallest absolute Gasteiger partial charge is 0.337 e. The number of rotatable bonds is 5. The third-order valence-electron chi connectivity index (χ3n) is 3.26. The summed E-state index contributed by atoms with van der Waals surface area (Å²) >= 11 is 0. The molecule has 0 amide bonds. The fourth-order valence-electron chi connectivity index (χ4n) is 2.19. The molecule has 0 heterocycles. The summed E-state index contributed by atoms with van der Waals surface area (Å²) in [6, 6.07) is 5.54. The van der Waals surface area contributed by atoms with Crippen molar-refractivity contribution in [3.63, 3.8) is 0 Å². The Hall–Kier alpha value is -1.71. The number of anilines is 2. The van der Waals surface area contributed by atoms with Gasteiger partial charge in [-0.05, 0) is 30.9 Å². The van der Waals surface area contributed by atoms with E-state index in [0.29, 0.717) is 17.6 Å². The lowest BCUT2D eigenvalue weighted by Crippen LogP contribution is -2.10. The van der Waals surface area contributed by atoms with E-state index in [-0.39, 0.29) is 5.56 Å². The van der Waals surface area contributed by atoms with Gasteiger partial charge in [-0.25, -0.2) is 4.79 Å². The molecule has 1 aromatic rings. The van der Waals surface area contributed by atoms with Crippen LogP contribution in [0.3, 0.4) is 0 Å². The molecule has 1 aliphatic rings. The van der Waals surface area contributed by atoms with E-state index in [1.807, 2.05) is 6.07 Å². The highest BCUT2D eigenvalue weighted by Gasteiger charge is 2.36. The first-order valence-corrected chi connectivity index (χ1v) is 6.01. The minimum Gasteiger partial charge on any atom is -0.478 e. The number of benzene rings is 1. The average molecular weight is 234 g/mol. The standard InChI is InChI=1S/C13H18N2O2/c1-2-4-8-7-11(8)15-10-6-3-5-9(12(10)14)13(16)17/h3,5-6,8,11,15H,2,4,7,14H2,1H3,(H,16,17). The van der Waals surface area contributed by atoms with E-state index in [4.69, 9.17) is 10.8 Å².